The van der Waals surface area contributed by atoms with Crippen LogP contribution in [-0.2, 0) is 10.8 Å². The molecule has 0 aliphatic rings. The maximum absolute atomic E-state index is 11.4. The standard InChI is InChI=1S/C51H95O/c1-9-11-13-15-17-19-21-23-25-27-29-31-33-35-37-39-41-45(46-43-47(50(3,4)5)49(52)48(44-46)51(6,7)8)42-40-38-36-34-32-30-28-26-24-22-20-18-16-14-12-10-2/h43-44,52H,9-42H2,1-8H3. The highest BCUT2D eigenvalue weighted by atomic mass is 16.3. The molecule has 0 aliphatic carbocycles. The molecule has 0 saturated carbocycles. The minimum atomic E-state index is -0.0757. The molecule has 0 aromatic heterocycles. The van der Waals surface area contributed by atoms with Gasteiger partial charge in [0, 0.05) is 5.92 Å². The first-order valence-corrected chi connectivity index (χ1v) is 23.7. The molecule has 1 N–H and O–H groups in total. The van der Waals surface area contributed by atoms with Crippen LogP contribution in [0.5, 0.6) is 5.75 Å². The van der Waals surface area contributed by atoms with Gasteiger partial charge in [0.15, 0.2) is 0 Å². The predicted molar refractivity (Wildman–Crippen MR) is 236 cm³/mol. The van der Waals surface area contributed by atoms with Gasteiger partial charge in [0.2, 0.25) is 0 Å². The number of hydrogen-bond donors (Lipinski definition) is 1. The number of hydrogen-bond acceptors (Lipinski definition) is 1. The summed E-state index contributed by atoms with van der Waals surface area (Å²) in [6.07, 6.45) is 47.9. The predicted octanol–water partition coefficient (Wildman–Crippen LogP) is 18.2. The smallest absolute Gasteiger partial charge is 0.123 e. The molecule has 0 atom stereocenters. The Hall–Kier alpha value is -0.980. The first-order valence-electron chi connectivity index (χ1n) is 23.7. The van der Waals surface area contributed by atoms with E-state index in [1.165, 1.54) is 224 Å². The summed E-state index contributed by atoms with van der Waals surface area (Å²) in [5, 5.41) is 11.4. The highest BCUT2D eigenvalue weighted by molar-refractivity contribution is 5.52. The van der Waals surface area contributed by atoms with E-state index in [0.29, 0.717) is 5.75 Å². The number of unbranched alkanes of at least 4 members (excludes halogenated alkanes) is 30. The van der Waals surface area contributed by atoms with Crippen molar-refractivity contribution in [1.82, 2.24) is 0 Å². The third-order valence-corrected chi connectivity index (χ3v) is 11.8. The minimum Gasteiger partial charge on any atom is -0.507 e. The summed E-state index contributed by atoms with van der Waals surface area (Å²) in [5.74, 6) is 2.17. The molecular formula is C51H95O. The first-order chi connectivity index (χ1) is 25.0. The number of rotatable bonds is 35. The number of phenols is 1. The second-order valence-electron chi connectivity index (χ2n) is 19.1. The second kappa shape index (κ2) is 31.2. The Morgan fingerprint density at radius 2 is 0.577 bits per heavy atom. The van der Waals surface area contributed by atoms with Crippen molar-refractivity contribution in [3.63, 3.8) is 0 Å². The molecule has 1 radical (unpaired) electrons. The summed E-state index contributed by atoms with van der Waals surface area (Å²) >= 11 is 0. The van der Waals surface area contributed by atoms with Crippen LogP contribution in [0.15, 0.2) is 12.1 Å². The van der Waals surface area contributed by atoms with Gasteiger partial charge >= 0.3 is 0 Å². The third kappa shape index (κ3) is 25.2. The number of phenolic OH excluding ortho intramolecular Hbond substituents is 1. The van der Waals surface area contributed by atoms with Gasteiger partial charge in [-0.3, -0.25) is 0 Å². The van der Waals surface area contributed by atoms with Gasteiger partial charge in [-0.2, -0.15) is 0 Å². The lowest BCUT2D eigenvalue weighted by atomic mass is 9.76. The molecule has 1 aromatic rings. The SMILES string of the molecule is CCCCCCCCCCCCCCCCCC[C](CCCCCCCCCCCCCCCCCC)c1cc(C(C)(C)C)c(O)c(C(C)(C)C)c1. The molecule has 52 heavy (non-hydrogen) atoms. The molecule has 0 aliphatic heterocycles. The van der Waals surface area contributed by atoms with E-state index in [0.717, 1.165) is 11.1 Å². The van der Waals surface area contributed by atoms with Gasteiger partial charge in [-0.15, -0.1) is 0 Å². The summed E-state index contributed by atoms with van der Waals surface area (Å²) in [4.78, 5) is 0. The van der Waals surface area contributed by atoms with Crippen molar-refractivity contribution in [1.29, 1.82) is 0 Å². The molecule has 1 nitrogen and oxygen atoms in total. The van der Waals surface area contributed by atoms with E-state index in [4.69, 9.17) is 0 Å². The number of benzene rings is 1. The molecular weight excluding hydrogens is 629 g/mol. The van der Waals surface area contributed by atoms with E-state index in [1.807, 2.05) is 0 Å². The third-order valence-electron chi connectivity index (χ3n) is 11.8. The van der Waals surface area contributed by atoms with Crippen molar-refractivity contribution in [2.45, 2.75) is 285 Å². The monoisotopic (exact) mass is 724 g/mol. The molecule has 0 bridgehead atoms. The molecule has 0 unspecified atom stereocenters. The van der Waals surface area contributed by atoms with E-state index in [-0.39, 0.29) is 10.8 Å². The van der Waals surface area contributed by atoms with Crippen LogP contribution in [-0.4, -0.2) is 5.11 Å². The molecule has 1 rings (SSSR count). The Bertz CT molecular complexity index is 858. The van der Waals surface area contributed by atoms with Crippen molar-refractivity contribution in [2.24, 2.45) is 0 Å². The van der Waals surface area contributed by atoms with Crippen LogP contribution in [0, 0.1) is 5.92 Å². The van der Waals surface area contributed by atoms with Gasteiger partial charge in [-0.1, -0.05) is 273 Å². The summed E-state index contributed by atoms with van der Waals surface area (Å²) in [6.45, 7) is 18.1. The van der Waals surface area contributed by atoms with Crippen molar-refractivity contribution >= 4 is 0 Å². The molecule has 0 spiro atoms. The van der Waals surface area contributed by atoms with Crippen LogP contribution >= 0.6 is 0 Å². The maximum Gasteiger partial charge on any atom is 0.123 e. The maximum atomic E-state index is 11.4. The summed E-state index contributed by atoms with van der Waals surface area (Å²) < 4.78 is 0. The molecule has 0 heterocycles. The summed E-state index contributed by atoms with van der Waals surface area (Å²) in [5.41, 5.74) is 3.49. The topological polar surface area (TPSA) is 20.2 Å². The Morgan fingerprint density at radius 1 is 0.365 bits per heavy atom. The zero-order chi connectivity index (χ0) is 38.3. The Morgan fingerprint density at radius 3 is 0.788 bits per heavy atom. The fraction of sp³-hybridized carbons (Fsp3) is 0.863. The molecule has 0 saturated heterocycles. The summed E-state index contributed by atoms with van der Waals surface area (Å²) in [6, 6.07) is 4.72. The van der Waals surface area contributed by atoms with Gasteiger partial charge in [0.1, 0.15) is 5.75 Å². The molecule has 1 aromatic carbocycles. The van der Waals surface area contributed by atoms with Crippen molar-refractivity contribution in [2.75, 3.05) is 0 Å². The highest BCUT2D eigenvalue weighted by Crippen LogP contribution is 2.42. The first kappa shape index (κ1) is 49.0. The van der Waals surface area contributed by atoms with E-state index in [2.05, 4.69) is 67.5 Å². The van der Waals surface area contributed by atoms with Gasteiger partial charge in [0.25, 0.3) is 0 Å². The zero-order valence-electron chi connectivity index (χ0n) is 37.1. The Balaban J connectivity index is 2.46. The van der Waals surface area contributed by atoms with Crippen LogP contribution < -0.4 is 0 Å². The largest absolute Gasteiger partial charge is 0.507 e. The van der Waals surface area contributed by atoms with Crippen LogP contribution in [0.4, 0.5) is 0 Å². The molecule has 305 valence electrons. The normalized spacial score (nSPS) is 12.4. The number of aromatic hydroxyl groups is 1. The van der Waals surface area contributed by atoms with Gasteiger partial charge in [0.05, 0.1) is 0 Å². The van der Waals surface area contributed by atoms with Crippen LogP contribution in [0.25, 0.3) is 0 Å². The average Bonchev–Trinajstić information content (AvgIpc) is 3.09. The second-order valence-corrected chi connectivity index (χ2v) is 19.1. The van der Waals surface area contributed by atoms with Crippen LogP contribution in [0.2, 0.25) is 0 Å². The van der Waals surface area contributed by atoms with Gasteiger partial charge < -0.3 is 5.11 Å². The lowest BCUT2D eigenvalue weighted by molar-refractivity contribution is 0.422. The van der Waals surface area contributed by atoms with Crippen molar-refractivity contribution < 1.29 is 5.11 Å². The van der Waals surface area contributed by atoms with Gasteiger partial charge in [-0.05, 0) is 40.4 Å². The van der Waals surface area contributed by atoms with Crippen LogP contribution in [0.1, 0.15) is 290 Å². The minimum absolute atomic E-state index is 0.0757. The molecule has 1 heteroatoms. The van der Waals surface area contributed by atoms with Crippen LogP contribution in [0.3, 0.4) is 0 Å². The van der Waals surface area contributed by atoms with E-state index < -0.39 is 0 Å². The zero-order valence-corrected chi connectivity index (χ0v) is 37.1. The highest BCUT2D eigenvalue weighted by Gasteiger charge is 2.28. The summed E-state index contributed by atoms with van der Waals surface area (Å²) in [7, 11) is 0. The van der Waals surface area contributed by atoms with E-state index in [1.54, 1.807) is 5.92 Å². The van der Waals surface area contributed by atoms with Crippen molar-refractivity contribution in [3.05, 3.63) is 34.7 Å². The Labute approximate surface area is 329 Å². The molecule has 0 fully saturated rings. The van der Waals surface area contributed by atoms with Crippen molar-refractivity contribution in [3.8, 4) is 5.75 Å². The fourth-order valence-electron chi connectivity index (χ4n) is 8.17. The molecule has 0 amide bonds. The fourth-order valence-corrected chi connectivity index (χ4v) is 8.17. The quantitative estimate of drug-likeness (QED) is 0.0691. The van der Waals surface area contributed by atoms with E-state index in [9.17, 15) is 5.11 Å². The van der Waals surface area contributed by atoms with Gasteiger partial charge in [-0.25, -0.2) is 0 Å². The Kier molecular flexibility index (Phi) is 29.5. The average molecular weight is 724 g/mol. The van der Waals surface area contributed by atoms with E-state index >= 15 is 0 Å². The lowest BCUT2D eigenvalue weighted by Gasteiger charge is -2.30. The lowest BCUT2D eigenvalue weighted by Crippen LogP contribution is -2.18.